The van der Waals surface area contributed by atoms with Crippen LogP contribution in [0.3, 0.4) is 0 Å². The zero-order valence-corrected chi connectivity index (χ0v) is 8.13. The average Bonchev–Trinajstić information content (AvgIpc) is 2.17. The zero-order chi connectivity index (χ0) is 9.94. The molecule has 0 aliphatic carbocycles. The first-order valence-corrected chi connectivity index (χ1v) is 4.85. The second-order valence-corrected chi connectivity index (χ2v) is 3.06. The van der Waals surface area contributed by atoms with Gasteiger partial charge in [-0.25, -0.2) is 0 Å². The molecule has 0 saturated heterocycles. The van der Waals surface area contributed by atoms with Crippen LogP contribution in [-0.2, 0) is 0 Å². The molecule has 0 aromatic rings. The van der Waals surface area contributed by atoms with Gasteiger partial charge in [-0.1, -0.05) is 18.8 Å². The molecule has 13 heavy (non-hydrogen) atoms. The van der Waals surface area contributed by atoms with E-state index < -0.39 is 0 Å². The first-order valence-electron chi connectivity index (χ1n) is 4.85. The van der Waals surface area contributed by atoms with E-state index in [9.17, 15) is 0 Å². The molecule has 0 aliphatic heterocycles. The Labute approximate surface area is 80.7 Å². The molecule has 0 bridgehead atoms. The number of rotatable bonds is 8. The SMILES string of the molecule is C#CC(CO)NCCCCCCN. The minimum atomic E-state index is -0.186. The largest absolute Gasteiger partial charge is 0.394 e. The highest BCUT2D eigenvalue weighted by atomic mass is 16.3. The number of aliphatic hydroxyl groups excluding tert-OH is 1. The van der Waals surface area contributed by atoms with Gasteiger partial charge in [-0.15, -0.1) is 6.42 Å². The average molecular weight is 184 g/mol. The van der Waals surface area contributed by atoms with E-state index in [-0.39, 0.29) is 12.6 Å². The zero-order valence-electron chi connectivity index (χ0n) is 8.13. The summed E-state index contributed by atoms with van der Waals surface area (Å²) in [5, 5.41) is 11.8. The second-order valence-electron chi connectivity index (χ2n) is 3.06. The van der Waals surface area contributed by atoms with Gasteiger partial charge in [-0.3, -0.25) is 0 Å². The first kappa shape index (κ1) is 12.4. The molecule has 0 fully saturated rings. The number of nitrogens with one attached hydrogen (secondary N) is 1. The smallest absolute Gasteiger partial charge is 0.0921 e. The van der Waals surface area contributed by atoms with Gasteiger partial charge < -0.3 is 16.2 Å². The van der Waals surface area contributed by atoms with Gasteiger partial charge in [-0.05, 0) is 25.9 Å². The van der Waals surface area contributed by atoms with Crippen molar-refractivity contribution in [1.29, 1.82) is 0 Å². The van der Waals surface area contributed by atoms with Crippen molar-refractivity contribution >= 4 is 0 Å². The summed E-state index contributed by atoms with van der Waals surface area (Å²) in [5.74, 6) is 2.47. The summed E-state index contributed by atoms with van der Waals surface area (Å²) in [6, 6.07) is -0.186. The van der Waals surface area contributed by atoms with Gasteiger partial charge in [0.15, 0.2) is 0 Å². The fourth-order valence-electron chi connectivity index (χ4n) is 1.08. The normalized spacial score (nSPS) is 12.4. The van der Waals surface area contributed by atoms with E-state index in [1.54, 1.807) is 0 Å². The number of terminal acetylenes is 1. The lowest BCUT2D eigenvalue weighted by atomic mass is 10.2. The molecule has 0 rings (SSSR count). The van der Waals surface area contributed by atoms with E-state index >= 15 is 0 Å². The molecule has 3 nitrogen and oxygen atoms in total. The Balaban J connectivity index is 3.11. The van der Waals surface area contributed by atoms with Crippen LogP contribution in [-0.4, -0.2) is 30.8 Å². The summed E-state index contributed by atoms with van der Waals surface area (Å²) in [5.41, 5.74) is 5.36. The summed E-state index contributed by atoms with van der Waals surface area (Å²) in [7, 11) is 0. The molecule has 0 saturated carbocycles. The third kappa shape index (κ3) is 7.79. The molecule has 4 N–H and O–H groups in total. The molecule has 0 aliphatic rings. The Morgan fingerprint density at radius 2 is 2.00 bits per heavy atom. The summed E-state index contributed by atoms with van der Waals surface area (Å²) in [4.78, 5) is 0. The summed E-state index contributed by atoms with van der Waals surface area (Å²) < 4.78 is 0. The van der Waals surface area contributed by atoms with Crippen molar-refractivity contribution < 1.29 is 5.11 Å². The maximum Gasteiger partial charge on any atom is 0.0921 e. The number of unbranched alkanes of at least 4 members (excludes halogenated alkanes) is 3. The molecule has 0 aromatic carbocycles. The lowest BCUT2D eigenvalue weighted by Crippen LogP contribution is -2.31. The van der Waals surface area contributed by atoms with Gasteiger partial charge in [0.1, 0.15) is 0 Å². The molecule has 1 unspecified atom stereocenters. The maximum atomic E-state index is 8.75. The minimum absolute atomic E-state index is 0.0132. The van der Waals surface area contributed by atoms with E-state index in [4.69, 9.17) is 17.3 Å². The van der Waals surface area contributed by atoms with E-state index in [1.165, 1.54) is 12.8 Å². The predicted octanol–water partition coefficient (Wildman–Crippen LogP) is 0.0892. The molecule has 0 radical (unpaired) electrons. The van der Waals surface area contributed by atoms with Crippen LogP contribution in [0.2, 0.25) is 0 Å². The van der Waals surface area contributed by atoms with Gasteiger partial charge in [-0.2, -0.15) is 0 Å². The summed E-state index contributed by atoms with van der Waals surface area (Å²) in [6.45, 7) is 1.66. The van der Waals surface area contributed by atoms with Crippen molar-refractivity contribution in [2.24, 2.45) is 5.73 Å². The van der Waals surface area contributed by atoms with E-state index in [1.807, 2.05) is 0 Å². The number of hydrogen-bond donors (Lipinski definition) is 3. The summed E-state index contributed by atoms with van der Waals surface area (Å²) >= 11 is 0. The third-order valence-corrected chi connectivity index (χ3v) is 1.91. The second kappa shape index (κ2) is 9.53. The van der Waals surface area contributed by atoms with Crippen LogP contribution in [0, 0.1) is 12.3 Å². The molecular formula is C10H20N2O. The van der Waals surface area contributed by atoms with E-state index in [2.05, 4.69) is 11.2 Å². The number of aliphatic hydroxyl groups is 1. The Bertz CT molecular complexity index is 142. The standard InChI is InChI=1S/C10H20N2O/c1-2-10(9-13)12-8-6-4-3-5-7-11/h1,10,12-13H,3-9,11H2. The highest BCUT2D eigenvalue weighted by Crippen LogP contribution is 1.97. The summed E-state index contributed by atoms with van der Waals surface area (Å²) in [6.07, 6.45) is 9.70. The maximum absolute atomic E-state index is 8.75. The Morgan fingerprint density at radius 3 is 2.54 bits per heavy atom. The Hall–Kier alpha value is -0.560. The van der Waals surface area contributed by atoms with Gasteiger partial charge in [0.05, 0.1) is 12.6 Å². The van der Waals surface area contributed by atoms with Crippen LogP contribution in [0.4, 0.5) is 0 Å². The van der Waals surface area contributed by atoms with Crippen molar-refractivity contribution in [3.63, 3.8) is 0 Å². The molecule has 0 amide bonds. The van der Waals surface area contributed by atoms with E-state index in [0.717, 1.165) is 25.9 Å². The molecule has 0 spiro atoms. The van der Waals surface area contributed by atoms with Crippen molar-refractivity contribution in [3.8, 4) is 12.3 Å². The van der Waals surface area contributed by atoms with E-state index in [0.29, 0.717) is 0 Å². The molecule has 1 atom stereocenters. The quantitative estimate of drug-likeness (QED) is 0.370. The molecule has 3 heteroatoms. The third-order valence-electron chi connectivity index (χ3n) is 1.91. The Kier molecular flexibility index (Phi) is 9.12. The molecule has 0 aromatic heterocycles. The first-order chi connectivity index (χ1) is 6.35. The van der Waals surface area contributed by atoms with Crippen molar-refractivity contribution in [3.05, 3.63) is 0 Å². The molecule has 76 valence electrons. The lowest BCUT2D eigenvalue weighted by Gasteiger charge is -2.08. The molecular weight excluding hydrogens is 164 g/mol. The van der Waals surface area contributed by atoms with Gasteiger partial charge in [0.25, 0.3) is 0 Å². The van der Waals surface area contributed by atoms with Crippen molar-refractivity contribution in [2.75, 3.05) is 19.7 Å². The topological polar surface area (TPSA) is 58.3 Å². The predicted molar refractivity (Wildman–Crippen MR) is 55.2 cm³/mol. The van der Waals surface area contributed by atoms with Gasteiger partial charge in [0.2, 0.25) is 0 Å². The van der Waals surface area contributed by atoms with Crippen LogP contribution in [0.15, 0.2) is 0 Å². The fourth-order valence-corrected chi connectivity index (χ4v) is 1.08. The highest BCUT2D eigenvalue weighted by molar-refractivity contribution is 4.98. The van der Waals surface area contributed by atoms with Crippen LogP contribution < -0.4 is 11.1 Å². The van der Waals surface area contributed by atoms with Gasteiger partial charge in [0, 0.05) is 0 Å². The number of nitrogens with two attached hydrogens (primary N) is 1. The monoisotopic (exact) mass is 184 g/mol. The van der Waals surface area contributed by atoms with Crippen LogP contribution >= 0.6 is 0 Å². The number of hydrogen-bond acceptors (Lipinski definition) is 3. The minimum Gasteiger partial charge on any atom is -0.394 e. The Morgan fingerprint density at radius 1 is 1.31 bits per heavy atom. The fraction of sp³-hybridized carbons (Fsp3) is 0.800. The van der Waals surface area contributed by atoms with Crippen molar-refractivity contribution in [2.45, 2.75) is 31.7 Å². The van der Waals surface area contributed by atoms with Gasteiger partial charge >= 0.3 is 0 Å². The van der Waals surface area contributed by atoms with Crippen LogP contribution in [0.5, 0.6) is 0 Å². The van der Waals surface area contributed by atoms with Crippen LogP contribution in [0.25, 0.3) is 0 Å². The van der Waals surface area contributed by atoms with Crippen LogP contribution in [0.1, 0.15) is 25.7 Å². The lowest BCUT2D eigenvalue weighted by molar-refractivity contribution is 0.268. The highest BCUT2D eigenvalue weighted by Gasteiger charge is 1.99. The van der Waals surface area contributed by atoms with Crippen molar-refractivity contribution in [1.82, 2.24) is 5.32 Å². The molecule has 0 heterocycles.